The zero-order chi connectivity index (χ0) is 38.6. The van der Waals surface area contributed by atoms with Crippen molar-refractivity contribution in [2.45, 2.75) is 219 Å². The van der Waals surface area contributed by atoms with E-state index in [0.29, 0.717) is 13.2 Å². The zero-order valence-electron chi connectivity index (χ0n) is 35.3. The largest absolute Gasteiger partial charge is 0.462 e. The molecule has 0 saturated carbocycles. The summed E-state index contributed by atoms with van der Waals surface area (Å²) in [6, 6.07) is 14.0. The topological polar surface area (TPSA) is 52.6 Å². The molecule has 0 aliphatic heterocycles. The summed E-state index contributed by atoms with van der Waals surface area (Å²) in [5.41, 5.74) is 0.807. The van der Waals surface area contributed by atoms with Gasteiger partial charge >= 0.3 is 11.9 Å². The van der Waals surface area contributed by atoms with Crippen LogP contribution < -0.4 is 0 Å². The molecule has 0 saturated heterocycles. The SMILES string of the molecule is CCCCCCCCCCCCCCCCCCOC(=O)C(=Cc1cccc2ccccc12)C(=O)OCCCCCCCCCCCCCCCCCC. The fourth-order valence-electron chi connectivity index (χ4n) is 7.52. The van der Waals surface area contributed by atoms with Crippen molar-refractivity contribution in [3.63, 3.8) is 0 Å². The number of hydrogen-bond donors (Lipinski definition) is 0. The lowest BCUT2D eigenvalue weighted by Gasteiger charge is -2.10. The molecule has 0 unspecified atom stereocenters. The van der Waals surface area contributed by atoms with Crippen LogP contribution in [0.25, 0.3) is 16.8 Å². The van der Waals surface area contributed by atoms with E-state index in [-0.39, 0.29) is 5.57 Å². The third-order valence-corrected chi connectivity index (χ3v) is 11.0. The van der Waals surface area contributed by atoms with E-state index in [9.17, 15) is 9.59 Å². The van der Waals surface area contributed by atoms with Crippen LogP contribution in [-0.2, 0) is 19.1 Å². The lowest BCUT2D eigenvalue weighted by atomic mass is 10.0. The van der Waals surface area contributed by atoms with Gasteiger partial charge in [-0.3, -0.25) is 0 Å². The maximum absolute atomic E-state index is 13.3. The Bertz CT molecular complexity index is 1160. The molecule has 2 aromatic rings. The molecule has 0 atom stereocenters. The quantitative estimate of drug-likeness (QED) is 0.0227. The zero-order valence-corrected chi connectivity index (χ0v) is 35.3. The summed E-state index contributed by atoms with van der Waals surface area (Å²) in [5, 5.41) is 2.06. The second-order valence-corrected chi connectivity index (χ2v) is 16.0. The normalized spacial score (nSPS) is 11.2. The molecule has 0 aliphatic carbocycles. The molecule has 4 heteroatoms. The highest BCUT2D eigenvalue weighted by Crippen LogP contribution is 2.22. The Balaban J connectivity index is 1.62. The highest BCUT2D eigenvalue weighted by Gasteiger charge is 2.22. The van der Waals surface area contributed by atoms with Gasteiger partial charge in [0.2, 0.25) is 0 Å². The molecule has 306 valence electrons. The first-order chi connectivity index (χ1) is 26.7. The summed E-state index contributed by atoms with van der Waals surface area (Å²) in [4.78, 5) is 26.6. The minimum atomic E-state index is -0.583. The monoisotopic (exact) mass is 747 g/mol. The summed E-state index contributed by atoms with van der Waals surface area (Å²) >= 11 is 0. The average Bonchev–Trinajstić information content (AvgIpc) is 3.19. The molecule has 0 amide bonds. The Morgan fingerprint density at radius 1 is 0.407 bits per heavy atom. The van der Waals surface area contributed by atoms with Crippen molar-refractivity contribution in [2.75, 3.05) is 13.2 Å². The Labute approximate surface area is 333 Å². The van der Waals surface area contributed by atoms with Gasteiger partial charge in [-0.25, -0.2) is 9.59 Å². The van der Waals surface area contributed by atoms with E-state index < -0.39 is 11.9 Å². The number of carbonyl (C=O) groups is 2. The van der Waals surface area contributed by atoms with Crippen molar-refractivity contribution < 1.29 is 19.1 Å². The molecule has 4 nitrogen and oxygen atoms in total. The van der Waals surface area contributed by atoms with Crippen LogP contribution in [0.4, 0.5) is 0 Å². The minimum absolute atomic E-state index is 0.0145. The van der Waals surface area contributed by atoms with Gasteiger partial charge in [0, 0.05) is 0 Å². The Kier molecular flexibility index (Phi) is 30.7. The van der Waals surface area contributed by atoms with Crippen LogP contribution in [-0.4, -0.2) is 25.2 Å². The molecule has 0 radical (unpaired) electrons. The van der Waals surface area contributed by atoms with E-state index in [4.69, 9.17) is 9.47 Å². The maximum atomic E-state index is 13.3. The van der Waals surface area contributed by atoms with Crippen LogP contribution in [0.3, 0.4) is 0 Å². The number of carbonyl (C=O) groups excluding carboxylic acids is 2. The van der Waals surface area contributed by atoms with Crippen molar-refractivity contribution >= 4 is 28.8 Å². The lowest BCUT2D eigenvalue weighted by Crippen LogP contribution is -2.19. The van der Waals surface area contributed by atoms with Crippen molar-refractivity contribution in [3.8, 4) is 0 Å². The molecule has 2 rings (SSSR count). The van der Waals surface area contributed by atoms with Crippen LogP contribution in [0.5, 0.6) is 0 Å². The van der Waals surface area contributed by atoms with Gasteiger partial charge in [0.15, 0.2) is 0 Å². The predicted molar refractivity (Wildman–Crippen MR) is 233 cm³/mol. The standard InChI is InChI=1S/C50H82O4/c1-3-5-7-9-11-13-15-17-19-21-23-25-27-29-31-35-42-53-49(51)48(44-46-40-37-39-45-38-33-34-41-47(45)46)50(52)54-43-36-32-30-28-26-24-22-20-18-16-14-12-10-8-6-4-2/h33-34,37-41,44H,3-32,35-36,42-43H2,1-2H3. The predicted octanol–water partition coefficient (Wildman–Crippen LogP) is 15.8. The van der Waals surface area contributed by atoms with E-state index in [2.05, 4.69) is 13.8 Å². The van der Waals surface area contributed by atoms with Crippen molar-refractivity contribution in [3.05, 3.63) is 53.6 Å². The van der Waals surface area contributed by atoms with E-state index >= 15 is 0 Å². The van der Waals surface area contributed by atoms with Crippen molar-refractivity contribution in [1.82, 2.24) is 0 Å². The Morgan fingerprint density at radius 3 is 1.09 bits per heavy atom. The number of benzene rings is 2. The van der Waals surface area contributed by atoms with Gasteiger partial charge in [0.25, 0.3) is 0 Å². The molecule has 0 aliphatic rings. The van der Waals surface area contributed by atoms with Crippen LogP contribution in [0.2, 0.25) is 0 Å². The van der Waals surface area contributed by atoms with Crippen LogP contribution in [0, 0.1) is 0 Å². The number of unbranched alkanes of at least 4 members (excludes halogenated alkanes) is 30. The number of esters is 2. The third kappa shape index (κ3) is 24.7. The van der Waals surface area contributed by atoms with Gasteiger partial charge in [0.1, 0.15) is 5.57 Å². The highest BCUT2D eigenvalue weighted by atomic mass is 16.6. The summed E-state index contributed by atoms with van der Waals surface area (Å²) in [5.74, 6) is -1.17. The molecular formula is C50H82O4. The van der Waals surface area contributed by atoms with E-state index in [0.717, 1.165) is 54.9 Å². The Hall–Kier alpha value is -2.62. The lowest BCUT2D eigenvalue weighted by molar-refractivity contribution is -0.147. The molecule has 0 spiro atoms. The third-order valence-electron chi connectivity index (χ3n) is 11.0. The number of hydrogen-bond acceptors (Lipinski definition) is 4. The van der Waals surface area contributed by atoms with Crippen molar-refractivity contribution in [2.24, 2.45) is 0 Å². The van der Waals surface area contributed by atoms with Gasteiger partial charge in [-0.15, -0.1) is 0 Å². The number of fused-ring (bicyclic) bond motifs is 1. The first-order valence-corrected chi connectivity index (χ1v) is 23.2. The van der Waals surface area contributed by atoms with Gasteiger partial charge in [-0.1, -0.05) is 249 Å². The molecule has 0 heterocycles. The van der Waals surface area contributed by atoms with Crippen LogP contribution >= 0.6 is 0 Å². The fourth-order valence-corrected chi connectivity index (χ4v) is 7.52. The first-order valence-electron chi connectivity index (χ1n) is 23.2. The average molecular weight is 747 g/mol. The molecule has 2 aromatic carbocycles. The first kappa shape index (κ1) is 47.5. The molecular weight excluding hydrogens is 665 g/mol. The van der Waals surface area contributed by atoms with Crippen LogP contribution in [0.1, 0.15) is 225 Å². The van der Waals surface area contributed by atoms with Gasteiger partial charge < -0.3 is 9.47 Å². The Morgan fingerprint density at radius 2 is 0.722 bits per heavy atom. The molecule has 0 bridgehead atoms. The minimum Gasteiger partial charge on any atom is -0.462 e. The molecule has 0 N–H and O–H groups in total. The summed E-state index contributed by atoms with van der Waals surface area (Å²) in [6.07, 6.45) is 43.3. The summed E-state index contributed by atoms with van der Waals surface area (Å²) < 4.78 is 11.3. The van der Waals surface area contributed by atoms with E-state index in [1.54, 1.807) is 6.08 Å². The fraction of sp³-hybridized carbons (Fsp3) is 0.720. The number of ether oxygens (including phenoxy) is 2. The molecule has 54 heavy (non-hydrogen) atoms. The van der Waals surface area contributed by atoms with Gasteiger partial charge in [-0.2, -0.15) is 0 Å². The summed E-state index contributed by atoms with van der Waals surface area (Å²) in [6.45, 7) is 5.22. The highest BCUT2D eigenvalue weighted by molar-refractivity contribution is 6.18. The maximum Gasteiger partial charge on any atom is 0.345 e. The van der Waals surface area contributed by atoms with Crippen molar-refractivity contribution in [1.29, 1.82) is 0 Å². The second kappa shape index (κ2) is 34.8. The van der Waals surface area contributed by atoms with Gasteiger partial charge in [0.05, 0.1) is 13.2 Å². The summed E-state index contributed by atoms with van der Waals surface area (Å²) in [7, 11) is 0. The van der Waals surface area contributed by atoms with Crippen LogP contribution in [0.15, 0.2) is 48.0 Å². The smallest absolute Gasteiger partial charge is 0.345 e. The second-order valence-electron chi connectivity index (χ2n) is 16.0. The van der Waals surface area contributed by atoms with Gasteiger partial charge in [-0.05, 0) is 35.3 Å². The van der Waals surface area contributed by atoms with E-state index in [1.807, 2.05) is 42.5 Å². The number of rotatable bonds is 37. The molecule has 0 aromatic heterocycles. The van der Waals surface area contributed by atoms with E-state index in [1.165, 1.54) is 167 Å². The molecule has 0 fully saturated rings.